The summed E-state index contributed by atoms with van der Waals surface area (Å²) in [4.78, 5) is 4.40. The van der Waals surface area contributed by atoms with E-state index in [9.17, 15) is 8.78 Å². The van der Waals surface area contributed by atoms with Gasteiger partial charge in [-0.2, -0.15) is 0 Å². The Morgan fingerprint density at radius 1 is 1.00 bits per heavy atom. The molecule has 0 amide bonds. The van der Waals surface area contributed by atoms with Gasteiger partial charge in [0.2, 0.25) is 0 Å². The van der Waals surface area contributed by atoms with Crippen molar-refractivity contribution in [2.24, 2.45) is 0 Å². The standard InChI is InChI=1S/C23H15Cl2F2N3OS/c24-17-7-3-1-5-14(17)20-23(31-20,16-10-9-13(26)11-19(16)27)12-30-22(32)28-21(29-30)15-6-2-4-8-18(15)25/h1-11,20H,12H2,(H,28,29,32)/t20-,23+/m1/s1. The Kier molecular flexibility index (Phi) is 5.45. The maximum Gasteiger partial charge on any atom is 0.183 e. The Bertz CT molecular complexity index is 1330. The van der Waals surface area contributed by atoms with E-state index in [2.05, 4.69) is 22.7 Å². The molecule has 1 fully saturated rings. The van der Waals surface area contributed by atoms with Gasteiger partial charge in [-0.3, -0.25) is 0 Å². The van der Waals surface area contributed by atoms with E-state index >= 15 is 0 Å². The van der Waals surface area contributed by atoms with Gasteiger partial charge in [-0.05, 0) is 24.3 Å². The Morgan fingerprint density at radius 2 is 1.72 bits per heavy atom. The maximum absolute atomic E-state index is 14.9. The summed E-state index contributed by atoms with van der Waals surface area (Å²) in [5.74, 6) is -1.01. The van der Waals surface area contributed by atoms with E-state index in [1.807, 2.05) is 24.3 Å². The van der Waals surface area contributed by atoms with E-state index in [0.717, 1.165) is 6.07 Å². The summed E-state index contributed by atoms with van der Waals surface area (Å²) in [6.45, 7) is 0.0850. The first kappa shape index (κ1) is 21.4. The SMILES string of the molecule is Fc1ccc([C@]2(Cn3nc(-c4ccccc4Cl)nc3S)O[C@@H]2c2ccccc2Cl)c(F)c1. The lowest BCUT2D eigenvalue weighted by Crippen LogP contribution is -2.22. The third kappa shape index (κ3) is 3.69. The van der Waals surface area contributed by atoms with Crippen LogP contribution in [0, 0.1) is 11.6 Å². The third-order valence-corrected chi connectivity index (χ3v) is 6.43. The molecule has 0 spiro atoms. The van der Waals surface area contributed by atoms with Gasteiger partial charge in [0.1, 0.15) is 23.3 Å². The summed E-state index contributed by atoms with van der Waals surface area (Å²) >= 11 is 17.1. The van der Waals surface area contributed by atoms with E-state index in [1.165, 1.54) is 16.8 Å². The molecule has 2 heterocycles. The van der Waals surface area contributed by atoms with Crippen LogP contribution in [0.1, 0.15) is 17.2 Å². The number of hydrogen-bond acceptors (Lipinski definition) is 4. The van der Waals surface area contributed by atoms with Crippen molar-refractivity contribution in [3.63, 3.8) is 0 Å². The minimum atomic E-state index is -1.16. The zero-order chi connectivity index (χ0) is 22.5. The Hall–Kier alpha value is -2.45. The highest BCUT2D eigenvalue weighted by Gasteiger charge is 2.61. The molecule has 0 N–H and O–H groups in total. The highest BCUT2D eigenvalue weighted by Crippen LogP contribution is 2.59. The third-order valence-electron chi connectivity index (χ3n) is 5.42. The van der Waals surface area contributed by atoms with Crippen LogP contribution in [-0.4, -0.2) is 14.8 Å². The molecule has 4 nitrogen and oxygen atoms in total. The largest absolute Gasteiger partial charge is 0.354 e. The van der Waals surface area contributed by atoms with Crippen LogP contribution in [0.25, 0.3) is 11.4 Å². The number of ether oxygens (including phenoxy) is 1. The highest BCUT2D eigenvalue weighted by atomic mass is 35.5. The molecular formula is C23H15Cl2F2N3OS. The van der Waals surface area contributed by atoms with Crippen molar-refractivity contribution < 1.29 is 13.5 Å². The van der Waals surface area contributed by atoms with E-state index < -0.39 is 23.3 Å². The van der Waals surface area contributed by atoms with Gasteiger partial charge in [0.25, 0.3) is 0 Å². The first-order valence-electron chi connectivity index (χ1n) is 9.65. The van der Waals surface area contributed by atoms with Crippen LogP contribution in [0.4, 0.5) is 8.78 Å². The van der Waals surface area contributed by atoms with Crippen LogP contribution in [0.15, 0.2) is 71.9 Å². The quantitative estimate of drug-likeness (QED) is 0.257. The Balaban J connectivity index is 1.58. The second kappa shape index (κ2) is 8.15. The lowest BCUT2D eigenvalue weighted by Gasteiger charge is -2.16. The molecule has 0 unspecified atom stereocenters. The van der Waals surface area contributed by atoms with Crippen molar-refractivity contribution in [3.8, 4) is 11.4 Å². The van der Waals surface area contributed by atoms with E-state index in [4.69, 9.17) is 27.9 Å². The fourth-order valence-electron chi connectivity index (χ4n) is 3.84. The molecule has 5 rings (SSSR count). The molecule has 0 aliphatic carbocycles. The fourth-order valence-corrected chi connectivity index (χ4v) is 4.51. The zero-order valence-corrected chi connectivity index (χ0v) is 18.8. The minimum Gasteiger partial charge on any atom is -0.354 e. The van der Waals surface area contributed by atoms with Gasteiger partial charge < -0.3 is 4.74 Å². The van der Waals surface area contributed by atoms with Crippen LogP contribution < -0.4 is 0 Å². The molecule has 32 heavy (non-hydrogen) atoms. The van der Waals surface area contributed by atoms with E-state index in [0.29, 0.717) is 32.2 Å². The molecule has 1 saturated heterocycles. The van der Waals surface area contributed by atoms with Gasteiger partial charge >= 0.3 is 0 Å². The van der Waals surface area contributed by atoms with Crippen molar-refractivity contribution >= 4 is 35.8 Å². The number of rotatable bonds is 5. The topological polar surface area (TPSA) is 43.2 Å². The molecule has 162 valence electrons. The lowest BCUT2D eigenvalue weighted by atomic mass is 9.91. The minimum absolute atomic E-state index is 0.0850. The maximum atomic E-state index is 14.9. The molecule has 4 aromatic rings. The van der Waals surface area contributed by atoms with E-state index in [-0.39, 0.29) is 12.1 Å². The van der Waals surface area contributed by atoms with Crippen LogP contribution in [0.2, 0.25) is 10.0 Å². The molecule has 1 aromatic heterocycles. The predicted molar refractivity (Wildman–Crippen MR) is 121 cm³/mol. The molecule has 0 bridgehead atoms. The first-order valence-corrected chi connectivity index (χ1v) is 10.9. The summed E-state index contributed by atoms with van der Waals surface area (Å²) in [6.07, 6.45) is -0.558. The molecule has 0 saturated carbocycles. The monoisotopic (exact) mass is 489 g/mol. The Morgan fingerprint density at radius 3 is 2.44 bits per heavy atom. The lowest BCUT2D eigenvalue weighted by molar-refractivity contribution is 0.251. The zero-order valence-electron chi connectivity index (χ0n) is 16.3. The second-order valence-electron chi connectivity index (χ2n) is 7.41. The summed E-state index contributed by atoms with van der Waals surface area (Å²) in [6, 6.07) is 17.8. The van der Waals surface area contributed by atoms with Crippen LogP contribution >= 0.6 is 35.8 Å². The van der Waals surface area contributed by atoms with Gasteiger partial charge in [-0.1, -0.05) is 59.6 Å². The summed E-state index contributed by atoms with van der Waals surface area (Å²) < 4.78 is 36.1. The van der Waals surface area contributed by atoms with Gasteiger partial charge in [0.05, 0.1) is 11.6 Å². The predicted octanol–water partition coefficient (Wildman–Crippen LogP) is 6.49. The van der Waals surface area contributed by atoms with Crippen molar-refractivity contribution in [1.29, 1.82) is 0 Å². The number of benzene rings is 3. The van der Waals surface area contributed by atoms with Gasteiger partial charge in [0, 0.05) is 27.8 Å². The van der Waals surface area contributed by atoms with Crippen LogP contribution in [-0.2, 0) is 16.9 Å². The van der Waals surface area contributed by atoms with Crippen molar-refractivity contribution in [3.05, 3.63) is 99.5 Å². The number of halogens is 4. The van der Waals surface area contributed by atoms with Gasteiger partial charge in [-0.15, -0.1) is 17.7 Å². The molecule has 0 radical (unpaired) electrons. The fraction of sp³-hybridized carbons (Fsp3) is 0.130. The number of thiol groups is 1. The first-order chi connectivity index (χ1) is 15.4. The smallest absolute Gasteiger partial charge is 0.183 e. The second-order valence-corrected chi connectivity index (χ2v) is 8.62. The van der Waals surface area contributed by atoms with Crippen LogP contribution in [0.3, 0.4) is 0 Å². The normalized spacial score (nSPS) is 19.8. The average Bonchev–Trinajstić information content (AvgIpc) is 3.36. The van der Waals surface area contributed by atoms with Crippen molar-refractivity contribution in [2.75, 3.05) is 0 Å². The molecule has 1 aliphatic rings. The number of hydrogen-bond donors (Lipinski definition) is 1. The van der Waals surface area contributed by atoms with Gasteiger partial charge in [0.15, 0.2) is 11.0 Å². The van der Waals surface area contributed by atoms with Gasteiger partial charge in [-0.25, -0.2) is 18.4 Å². The van der Waals surface area contributed by atoms with Crippen molar-refractivity contribution in [1.82, 2.24) is 14.8 Å². The summed E-state index contributed by atoms with van der Waals surface area (Å²) in [5, 5.41) is 5.81. The van der Waals surface area contributed by atoms with E-state index in [1.54, 1.807) is 24.3 Å². The molecule has 9 heteroatoms. The molecular weight excluding hydrogens is 475 g/mol. The summed E-state index contributed by atoms with van der Waals surface area (Å²) in [7, 11) is 0. The molecule has 2 atom stereocenters. The van der Waals surface area contributed by atoms with Crippen molar-refractivity contribution in [2.45, 2.75) is 23.4 Å². The Labute approximate surface area is 198 Å². The number of aromatic nitrogens is 3. The highest BCUT2D eigenvalue weighted by molar-refractivity contribution is 7.80. The number of nitrogens with zero attached hydrogens (tertiary/aromatic N) is 3. The molecule has 3 aromatic carbocycles. The molecule has 1 aliphatic heterocycles. The van der Waals surface area contributed by atoms with Crippen LogP contribution in [0.5, 0.6) is 0 Å². The number of epoxide rings is 1. The summed E-state index contributed by atoms with van der Waals surface area (Å²) in [5.41, 5.74) is 0.382. The average molecular weight is 490 g/mol.